The van der Waals surface area contributed by atoms with Crippen molar-refractivity contribution >= 4 is 5.97 Å². The summed E-state index contributed by atoms with van der Waals surface area (Å²) in [6, 6.07) is 11.6. The van der Waals surface area contributed by atoms with Gasteiger partial charge in [-0.1, -0.05) is 18.2 Å². The van der Waals surface area contributed by atoms with Gasteiger partial charge in [-0.25, -0.2) is 0 Å². The molecule has 0 radical (unpaired) electrons. The maximum Gasteiger partial charge on any atom is 0.307 e. The highest BCUT2D eigenvalue weighted by Gasteiger charge is 2.19. The summed E-state index contributed by atoms with van der Waals surface area (Å²) in [7, 11) is 3.04. The first kappa shape index (κ1) is 17.0. The molecule has 122 valence electrons. The number of carbonyl (C=O) groups is 1. The fraction of sp³-hybridized carbons (Fsp3) is 0.333. The van der Waals surface area contributed by atoms with Crippen LogP contribution in [-0.2, 0) is 9.53 Å². The summed E-state index contributed by atoms with van der Waals surface area (Å²) in [5, 5.41) is 3.47. The van der Waals surface area contributed by atoms with Crippen LogP contribution in [0.4, 0.5) is 0 Å². The maximum absolute atomic E-state index is 11.7. The van der Waals surface area contributed by atoms with Crippen molar-refractivity contribution in [3.63, 3.8) is 0 Å². The number of hydrogen-bond acceptors (Lipinski definition) is 5. The molecule has 23 heavy (non-hydrogen) atoms. The highest BCUT2D eigenvalue weighted by Crippen LogP contribution is 2.23. The Labute approximate surface area is 136 Å². The molecule has 1 aromatic carbocycles. The molecule has 0 bridgehead atoms. The number of carbonyl (C=O) groups excluding carboxylic acids is 1. The van der Waals surface area contributed by atoms with E-state index in [0.29, 0.717) is 0 Å². The fourth-order valence-corrected chi connectivity index (χ4v) is 2.40. The molecule has 0 spiro atoms. The highest BCUT2D eigenvalue weighted by molar-refractivity contribution is 5.70. The van der Waals surface area contributed by atoms with Gasteiger partial charge in [0.2, 0.25) is 0 Å². The first-order chi connectivity index (χ1) is 11.1. The lowest BCUT2D eigenvalue weighted by atomic mass is 10.0. The molecule has 0 aliphatic heterocycles. The van der Waals surface area contributed by atoms with E-state index >= 15 is 0 Å². The molecule has 1 heterocycles. The average molecular weight is 314 g/mol. The molecule has 1 unspecified atom stereocenters. The lowest BCUT2D eigenvalue weighted by molar-refractivity contribution is -0.141. The number of pyridine rings is 1. The summed E-state index contributed by atoms with van der Waals surface area (Å²) in [5.41, 5.74) is 2.07. The minimum atomic E-state index is -0.256. The molecule has 5 nitrogen and oxygen atoms in total. The van der Waals surface area contributed by atoms with Gasteiger partial charge in [-0.15, -0.1) is 0 Å². The standard InChI is InChI=1S/C18H22N2O3/c1-13(14-6-8-16(22-2)9-7-14)20-17(11-18(21)23-3)15-5-4-10-19-12-15/h4-10,12-13,17,20H,11H2,1-3H3/t13?,17-/m0/s1. The molecule has 2 rings (SSSR count). The summed E-state index contributed by atoms with van der Waals surface area (Å²) >= 11 is 0. The van der Waals surface area contributed by atoms with Crippen LogP contribution < -0.4 is 10.1 Å². The van der Waals surface area contributed by atoms with E-state index < -0.39 is 0 Å². The number of nitrogens with zero attached hydrogens (tertiary/aromatic N) is 1. The quantitative estimate of drug-likeness (QED) is 0.796. The Morgan fingerprint density at radius 2 is 1.91 bits per heavy atom. The van der Waals surface area contributed by atoms with E-state index in [2.05, 4.69) is 17.2 Å². The Morgan fingerprint density at radius 1 is 1.17 bits per heavy atom. The fourth-order valence-electron chi connectivity index (χ4n) is 2.40. The zero-order chi connectivity index (χ0) is 16.7. The van der Waals surface area contributed by atoms with Gasteiger partial charge < -0.3 is 14.8 Å². The normalized spacial score (nSPS) is 13.2. The second kappa shape index (κ2) is 8.29. The molecule has 0 aliphatic carbocycles. The number of rotatable bonds is 7. The summed E-state index contributed by atoms with van der Waals surface area (Å²) in [4.78, 5) is 15.8. The van der Waals surface area contributed by atoms with Crippen LogP contribution in [0.1, 0.15) is 36.6 Å². The van der Waals surface area contributed by atoms with Gasteiger partial charge in [0, 0.05) is 24.5 Å². The van der Waals surface area contributed by atoms with Crippen LogP contribution in [0.15, 0.2) is 48.8 Å². The molecular formula is C18H22N2O3. The van der Waals surface area contributed by atoms with E-state index in [0.717, 1.165) is 16.9 Å². The lowest BCUT2D eigenvalue weighted by Gasteiger charge is -2.23. The van der Waals surface area contributed by atoms with Gasteiger partial charge in [-0.05, 0) is 36.2 Å². The monoisotopic (exact) mass is 314 g/mol. The van der Waals surface area contributed by atoms with Gasteiger partial charge in [0.15, 0.2) is 0 Å². The SMILES string of the molecule is COC(=O)C[C@H](NC(C)c1ccc(OC)cc1)c1cccnc1. The van der Waals surface area contributed by atoms with Gasteiger partial charge in [-0.3, -0.25) is 9.78 Å². The lowest BCUT2D eigenvalue weighted by Crippen LogP contribution is -2.27. The molecule has 0 aliphatic rings. The molecule has 2 atom stereocenters. The minimum Gasteiger partial charge on any atom is -0.497 e. The summed E-state index contributed by atoms with van der Waals surface area (Å²) < 4.78 is 9.98. The van der Waals surface area contributed by atoms with Crippen molar-refractivity contribution in [2.75, 3.05) is 14.2 Å². The molecule has 2 aromatic rings. The van der Waals surface area contributed by atoms with Crippen molar-refractivity contribution in [3.05, 3.63) is 59.9 Å². The zero-order valence-corrected chi connectivity index (χ0v) is 13.7. The van der Waals surface area contributed by atoms with Crippen LogP contribution in [0.5, 0.6) is 5.75 Å². The highest BCUT2D eigenvalue weighted by atomic mass is 16.5. The van der Waals surface area contributed by atoms with Crippen LogP contribution >= 0.6 is 0 Å². The summed E-state index contributed by atoms with van der Waals surface area (Å²) in [5.74, 6) is 0.563. The largest absolute Gasteiger partial charge is 0.497 e. The van der Waals surface area contributed by atoms with Gasteiger partial charge in [0.25, 0.3) is 0 Å². The third kappa shape index (κ3) is 4.79. The van der Waals surface area contributed by atoms with Crippen LogP contribution in [0.2, 0.25) is 0 Å². The van der Waals surface area contributed by atoms with Crippen LogP contribution in [0.3, 0.4) is 0 Å². The van der Waals surface area contributed by atoms with Crippen LogP contribution in [0.25, 0.3) is 0 Å². The molecule has 0 saturated heterocycles. The van der Waals surface area contributed by atoms with Crippen LogP contribution in [0, 0.1) is 0 Å². The number of aromatic nitrogens is 1. The van der Waals surface area contributed by atoms with Crippen LogP contribution in [-0.4, -0.2) is 25.2 Å². The predicted molar refractivity (Wildman–Crippen MR) is 88.2 cm³/mol. The van der Waals surface area contributed by atoms with E-state index in [9.17, 15) is 4.79 Å². The topological polar surface area (TPSA) is 60.5 Å². The molecule has 1 aromatic heterocycles. The second-order valence-electron chi connectivity index (χ2n) is 5.28. The predicted octanol–water partition coefficient (Wildman–Crippen LogP) is 3.05. The van der Waals surface area contributed by atoms with Gasteiger partial charge in [0.05, 0.1) is 20.6 Å². The van der Waals surface area contributed by atoms with Gasteiger partial charge in [-0.2, -0.15) is 0 Å². The van der Waals surface area contributed by atoms with E-state index in [1.54, 1.807) is 19.5 Å². The third-order valence-electron chi connectivity index (χ3n) is 3.75. The Morgan fingerprint density at radius 3 is 2.48 bits per heavy atom. The van der Waals surface area contributed by atoms with E-state index in [1.807, 2.05) is 36.4 Å². The molecule has 5 heteroatoms. The smallest absolute Gasteiger partial charge is 0.307 e. The van der Waals surface area contributed by atoms with Gasteiger partial charge in [0.1, 0.15) is 5.75 Å². The number of ether oxygens (including phenoxy) is 2. The minimum absolute atomic E-state index is 0.0655. The number of hydrogen-bond donors (Lipinski definition) is 1. The van der Waals surface area contributed by atoms with Gasteiger partial charge >= 0.3 is 5.97 Å². The van der Waals surface area contributed by atoms with E-state index in [-0.39, 0.29) is 24.5 Å². The number of nitrogens with one attached hydrogen (secondary N) is 1. The molecular weight excluding hydrogens is 292 g/mol. The molecule has 1 N–H and O–H groups in total. The summed E-state index contributed by atoms with van der Waals surface area (Å²) in [6.45, 7) is 2.06. The average Bonchev–Trinajstić information content (AvgIpc) is 2.61. The Kier molecular flexibility index (Phi) is 6.11. The number of benzene rings is 1. The molecule has 0 fully saturated rings. The first-order valence-corrected chi connectivity index (χ1v) is 7.50. The summed E-state index contributed by atoms with van der Waals surface area (Å²) in [6.07, 6.45) is 3.73. The van der Waals surface area contributed by atoms with Crippen molar-refractivity contribution in [1.29, 1.82) is 0 Å². The van der Waals surface area contributed by atoms with Crippen molar-refractivity contribution in [2.45, 2.75) is 25.4 Å². The molecule has 0 amide bonds. The Balaban J connectivity index is 2.13. The molecule has 0 saturated carbocycles. The Hall–Kier alpha value is -2.40. The van der Waals surface area contributed by atoms with Crippen molar-refractivity contribution < 1.29 is 14.3 Å². The van der Waals surface area contributed by atoms with Crippen molar-refractivity contribution in [3.8, 4) is 5.75 Å². The Bertz CT molecular complexity index is 614. The van der Waals surface area contributed by atoms with E-state index in [1.165, 1.54) is 7.11 Å². The zero-order valence-electron chi connectivity index (χ0n) is 13.7. The number of esters is 1. The second-order valence-corrected chi connectivity index (χ2v) is 5.28. The van der Waals surface area contributed by atoms with E-state index in [4.69, 9.17) is 9.47 Å². The van der Waals surface area contributed by atoms with Crippen molar-refractivity contribution in [1.82, 2.24) is 10.3 Å². The third-order valence-corrected chi connectivity index (χ3v) is 3.75. The maximum atomic E-state index is 11.7. The van der Waals surface area contributed by atoms with Crippen molar-refractivity contribution in [2.24, 2.45) is 0 Å². The number of methoxy groups -OCH3 is 2. The first-order valence-electron chi connectivity index (χ1n) is 7.50.